The Bertz CT molecular complexity index is 1330. The zero-order valence-electron chi connectivity index (χ0n) is 49.1. The van der Waals surface area contributed by atoms with E-state index in [1.54, 1.807) is 6.08 Å². The summed E-state index contributed by atoms with van der Waals surface area (Å²) >= 11 is 0. The molecule has 0 spiro atoms. The lowest BCUT2D eigenvalue weighted by atomic mass is 10.0. The van der Waals surface area contributed by atoms with Gasteiger partial charge in [-0.05, 0) is 64.2 Å². The Balaban J connectivity index is 4.13. The van der Waals surface area contributed by atoms with E-state index in [1.165, 1.54) is 238 Å². The number of phosphoric acid groups is 1. The summed E-state index contributed by atoms with van der Waals surface area (Å²) in [5.74, 6) is -0.189. The summed E-state index contributed by atoms with van der Waals surface area (Å²) in [5, 5.41) is 13.9. The molecule has 0 bridgehead atoms. The molecule has 0 aliphatic heterocycles. The number of hydrogen-bond acceptors (Lipinski definition) is 5. The zero-order valence-corrected chi connectivity index (χ0v) is 50.0. The minimum absolute atomic E-state index is 0.0547. The topological polar surface area (TPSA) is 105 Å². The van der Waals surface area contributed by atoms with E-state index >= 15 is 0 Å². The summed E-state index contributed by atoms with van der Waals surface area (Å²) in [6.45, 7) is 4.80. The third-order valence-electron chi connectivity index (χ3n) is 14.3. The second kappa shape index (κ2) is 55.2. The molecular weight excluding hydrogens is 924 g/mol. The number of allylic oxidation sites excluding steroid dienone is 7. The highest BCUT2D eigenvalue weighted by molar-refractivity contribution is 7.47. The maximum atomic E-state index is 13.0. The summed E-state index contributed by atoms with van der Waals surface area (Å²) in [6.07, 6.45) is 73.9. The number of aliphatic hydroxyl groups excluding tert-OH is 1. The van der Waals surface area contributed by atoms with Gasteiger partial charge in [-0.25, -0.2) is 4.57 Å². The molecule has 0 rings (SSSR count). The van der Waals surface area contributed by atoms with Gasteiger partial charge in [-0.3, -0.25) is 13.8 Å². The van der Waals surface area contributed by atoms with Crippen LogP contribution < -0.4 is 5.32 Å². The fraction of sp³-hybridized carbons (Fsp3) is 0.859. The molecule has 3 atom stereocenters. The van der Waals surface area contributed by atoms with Crippen LogP contribution in [0.3, 0.4) is 0 Å². The highest BCUT2D eigenvalue weighted by atomic mass is 31.2. The molecule has 0 saturated carbocycles. The van der Waals surface area contributed by atoms with Gasteiger partial charge in [0.1, 0.15) is 13.2 Å². The number of unbranched alkanes of at least 4 members (excludes halogenated alkanes) is 39. The van der Waals surface area contributed by atoms with E-state index in [1.807, 2.05) is 27.2 Å². The standard InChI is InChI=1S/C64H123N2O6P/c1-6-8-10-12-14-16-18-20-22-24-26-27-28-29-30-31-32-33-34-35-36-37-38-40-41-43-45-47-49-51-53-55-57-63(67)62(61-72-73(69,70)71-60-59-66(3,4)5)65-64(68)58-56-54-52-50-48-46-44-42-39-25-23-21-19-17-15-13-11-9-7-2/h15,17,21,23,47,49,55,57,62-63,67H,6-14,16,18-20,22,24-46,48,50-54,56,58-61H2,1-5H3,(H-,65,68,69,70)/p+1/b17-15-,23-21-,49-47+,57-55+. The van der Waals surface area contributed by atoms with E-state index in [0.717, 1.165) is 44.9 Å². The molecule has 9 heteroatoms. The third-order valence-corrected chi connectivity index (χ3v) is 15.3. The fourth-order valence-electron chi connectivity index (χ4n) is 9.33. The van der Waals surface area contributed by atoms with Gasteiger partial charge >= 0.3 is 7.82 Å². The monoisotopic (exact) mass is 1050 g/mol. The molecule has 1 amide bonds. The van der Waals surface area contributed by atoms with Crippen LogP contribution >= 0.6 is 7.82 Å². The largest absolute Gasteiger partial charge is 0.472 e. The van der Waals surface area contributed by atoms with Crippen molar-refractivity contribution in [3.63, 3.8) is 0 Å². The van der Waals surface area contributed by atoms with E-state index < -0.39 is 20.0 Å². The van der Waals surface area contributed by atoms with E-state index in [4.69, 9.17) is 9.05 Å². The molecule has 0 radical (unpaired) electrons. The first-order chi connectivity index (χ1) is 35.5. The first kappa shape index (κ1) is 71.5. The van der Waals surface area contributed by atoms with Gasteiger partial charge in [0.15, 0.2) is 0 Å². The van der Waals surface area contributed by atoms with Crippen molar-refractivity contribution in [3.8, 4) is 0 Å². The van der Waals surface area contributed by atoms with Gasteiger partial charge in [0.05, 0.1) is 39.9 Å². The molecule has 0 fully saturated rings. The van der Waals surface area contributed by atoms with Gasteiger partial charge in [-0.2, -0.15) is 0 Å². The van der Waals surface area contributed by atoms with Gasteiger partial charge in [0.25, 0.3) is 0 Å². The van der Waals surface area contributed by atoms with Crippen LogP contribution in [-0.2, 0) is 18.4 Å². The molecule has 0 saturated heterocycles. The molecule has 430 valence electrons. The van der Waals surface area contributed by atoms with Crippen LogP contribution in [0, 0.1) is 0 Å². The van der Waals surface area contributed by atoms with Crippen molar-refractivity contribution in [3.05, 3.63) is 48.6 Å². The SMILES string of the molecule is CCCCC/C=C\C/C=C\CCCCCCCCCCCC(=O)NC(COP(=O)(O)OCC[N+](C)(C)C)C(O)/C=C/CC/C=C/CCCCCCCCCCCCCCCCCCCCCCCCCCCC. The molecule has 0 aromatic carbocycles. The average molecular weight is 1050 g/mol. The third kappa shape index (κ3) is 58.0. The number of nitrogens with zero attached hydrogens (tertiary/aromatic N) is 1. The van der Waals surface area contributed by atoms with E-state index in [-0.39, 0.29) is 19.1 Å². The Kier molecular flexibility index (Phi) is 54.1. The number of likely N-dealkylation sites (N-methyl/N-ethyl adjacent to an activating group) is 1. The number of nitrogens with one attached hydrogen (secondary N) is 1. The number of hydrogen-bond donors (Lipinski definition) is 3. The lowest BCUT2D eigenvalue weighted by molar-refractivity contribution is -0.870. The van der Waals surface area contributed by atoms with Crippen molar-refractivity contribution < 1.29 is 32.9 Å². The Morgan fingerprint density at radius 1 is 0.466 bits per heavy atom. The molecule has 0 aromatic heterocycles. The molecule has 3 unspecified atom stereocenters. The summed E-state index contributed by atoms with van der Waals surface area (Å²) in [4.78, 5) is 23.3. The van der Waals surface area contributed by atoms with Gasteiger partial charge in [0, 0.05) is 6.42 Å². The van der Waals surface area contributed by atoms with Crippen LogP contribution in [0.4, 0.5) is 0 Å². The van der Waals surface area contributed by atoms with Crippen molar-refractivity contribution in [2.75, 3.05) is 40.9 Å². The maximum Gasteiger partial charge on any atom is 0.472 e. The zero-order chi connectivity index (χ0) is 53.5. The Morgan fingerprint density at radius 2 is 0.795 bits per heavy atom. The lowest BCUT2D eigenvalue weighted by Gasteiger charge is -2.25. The van der Waals surface area contributed by atoms with Crippen molar-refractivity contribution >= 4 is 13.7 Å². The second-order valence-corrected chi connectivity index (χ2v) is 24.2. The number of rotatable bonds is 58. The van der Waals surface area contributed by atoms with Crippen molar-refractivity contribution in [2.45, 2.75) is 315 Å². The minimum Gasteiger partial charge on any atom is -0.387 e. The smallest absolute Gasteiger partial charge is 0.387 e. The molecule has 0 aliphatic carbocycles. The molecule has 8 nitrogen and oxygen atoms in total. The minimum atomic E-state index is -4.36. The summed E-state index contributed by atoms with van der Waals surface area (Å²) in [6, 6.07) is -0.868. The van der Waals surface area contributed by atoms with Gasteiger partial charge in [-0.1, -0.05) is 281 Å². The average Bonchev–Trinajstić information content (AvgIpc) is 3.35. The maximum absolute atomic E-state index is 13.0. The van der Waals surface area contributed by atoms with Crippen LogP contribution in [-0.4, -0.2) is 73.4 Å². The highest BCUT2D eigenvalue weighted by Gasteiger charge is 2.27. The number of phosphoric ester groups is 1. The molecule has 3 N–H and O–H groups in total. The fourth-order valence-corrected chi connectivity index (χ4v) is 10.1. The number of carbonyl (C=O) groups excluding carboxylic acids is 1. The van der Waals surface area contributed by atoms with E-state index in [2.05, 4.69) is 55.6 Å². The van der Waals surface area contributed by atoms with Crippen LogP contribution in [0.15, 0.2) is 48.6 Å². The molecular formula is C64H124N2O6P+. The van der Waals surface area contributed by atoms with Crippen LogP contribution in [0.5, 0.6) is 0 Å². The predicted molar refractivity (Wildman–Crippen MR) is 318 cm³/mol. The quantitative estimate of drug-likeness (QED) is 0.0243. The van der Waals surface area contributed by atoms with E-state index in [9.17, 15) is 19.4 Å². The van der Waals surface area contributed by atoms with Gasteiger partial charge < -0.3 is 19.8 Å². The van der Waals surface area contributed by atoms with Crippen LogP contribution in [0.1, 0.15) is 303 Å². The number of quaternary nitrogens is 1. The van der Waals surface area contributed by atoms with Crippen molar-refractivity contribution in [2.24, 2.45) is 0 Å². The second-order valence-electron chi connectivity index (χ2n) is 22.8. The Hall–Kier alpha value is -1.54. The van der Waals surface area contributed by atoms with Crippen LogP contribution in [0.25, 0.3) is 0 Å². The molecule has 0 aliphatic rings. The molecule has 73 heavy (non-hydrogen) atoms. The van der Waals surface area contributed by atoms with Crippen molar-refractivity contribution in [1.82, 2.24) is 5.32 Å². The van der Waals surface area contributed by atoms with Gasteiger partial charge in [-0.15, -0.1) is 0 Å². The highest BCUT2D eigenvalue weighted by Crippen LogP contribution is 2.43. The summed E-state index contributed by atoms with van der Waals surface area (Å²) in [7, 11) is 1.56. The Morgan fingerprint density at radius 3 is 1.21 bits per heavy atom. The number of carbonyl (C=O) groups is 1. The Labute approximate surface area is 454 Å². The number of aliphatic hydroxyl groups is 1. The summed E-state index contributed by atoms with van der Waals surface area (Å²) in [5.41, 5.74) is 0. The van der Waals surface area contributed by atoms with Crippen molar-refractivity contribution in [1.29, 1.82) is 0 Å². The summed E-state index contributed by atoms with van der Waals surface area (Å²) < 4.78 is 23.7. The van der Waals surface area contributed by atoms with Gasteiger partial charge in [0.2, 0.25) is 5.91 Å². The number of amides is 1. The molecule has 0 heterocycles. The normalized spacial score (nSPS) is 14.1. The lowest BCUT2D eigenvalue weighted by Crippen LogP contribution is -2.45. The first-order valence-corrected chi connectivity index (χ1v) is 33.0. The van der Waals surface area contributed by atoms with E-state index in [0.29, 0.717) is 17.4 Å². The first-order valence-electron chi connectivity index (χ1n) is 31.5. The molecule has 0 aromatic rings. The predicted octanol–water partition coefficient (Wildman–Crippen LogP) is 19.5. The van der Waals surface area contributed by atoms with Crippen LogP contribution in [0.2, 0.25) is 0 Å².